The Labute approximate surface area is 208 Å². The Morgan fingerprint density at radius 3 is 2.67 bits per heavy atom. The Hall–Kier alpha value is -2.93. The van der Waals surface area contributed by atoms with Crippen LogP contribution in [-0.2, 0) is 6.54 Å². The maximum absolute atomic E-state index is 13.1. The summed E-state index contributed by atoms with van der Waals surface area (Å²) in [6.07, 6.45) is 3.72. The van der Waals surface area contributed by atoms with E-state index in [9.17, 15) is 4.79 Å². The molecule has 2 heterocycles. The van der Waals surface area contributed by atoms with Gasteiger partial charge in [0.15, 0.2) is 0 Å². The second-order valence-corrected chi connectivity index (χ2v) is 9.39. The van der Waals surface area contributed by atoms with Crippen molar-refractivity contribution in [3.63, 3.8) is 0 Å². The highest BCUT2D eigenvalue weighted by atomic mass is 79.9. The van der Waals surface area contributed by atoms with Crippen molar-refractivity contribution in [2.75, 3.05) is 0 Å². The molecule has 0 aliphatic carbocycles. The normalized spacial score (nSPS) is 11.8. The molecule has 0 saturated heterocycles. The maximum Gasteiger partial charge on any atom is 0.282 e. The van der Waals surface area contributed by atoms with Crippen LogP contribution < -0.4 is 5.56 Å². The minimum Gasteiger partial charge on any atom is -0.342 e. The third-order valence-electron chi connectivity index (χ3n) is 5.44. The molecular formula is C25H17BrCl2N4O. The van der Waals surface area contributed by atoms with Crippen LogP contribution in [0.5, 0.6) is 0 Å². The Balaban J connectivity index is 1.57. The Morgan fingerprint density at radius 1 is 1.03 bits per heavy atom. The molecule has 0 amide bonds. The summed E-state index contributed by atoms with van der Waals surface area (Å²) in [4.78, 5) is 17.6. The van der Waals surface area contributed by atoms with Crippen molar-refractivity contribution in [2.45, 2.75) is 13.5 Å². The molecule has 0 fully saturated rings. The van der Waals surface area contributed by atoms with Gasteiger partial charge in [-0.25, -0.2) is 4.98 Å². The minimum absolute atomic E-state index is 0.213. The van der Waals surface area contributed by atoms with Gasteiger partial charge in [-0.2, -0.15) is 9.78 Å². The first-order valence-electron chi connectivity index (χ1n) is 10.2. The molecule has 0 unspecified atom stereocenters. The lowest BCUT2D eigenvalue weighted by Gasteiger charge is -2.06. The first kappa shape index (κ1) is 21.9. The van der Waals surface area contributed by atoms with Crippen LogP contribution in [0, 0.1) is 6.92 Å². The molecule has 3 aromatic carbocycles. The molecular weight excluding hydrogens is 523 g/mol. The second kappa shape index (κ2) is 8.78. The van der Waals surface area contributed by atoms with Crippen molar-refractivity contribution >= 4 is 67.2 Å². The molecule has 0 radical (unpaired) electrons. The summed E-state index contributed by atoms with van der Waals surface area (Å²) in [6.45, 7) is 2.39. The highest BCUT2D eigenvalue weighted by molar-refractivity contribution is 9.10. The highest BCUT2D eigenvalue weighted by Gasteiger charge is 2.10. The van der Waals surface area contributed by atoms with E-state index in [2.05, 4.69) is 36.6 Å². The van der Waals surface area contributed by atoms with Gasteiger partial charge < -0.3 is 4.57 Å². The van der Waals surface area contributed by atoms with E-state index in [4.69, 9.17) is 23.2 Å². The van der Waals surface area contributed by atoms with E-state index in [1.807, 2.05) is 48.7 Å². The molecule has 0 atom stereocenters. The zero-order chi connectivity index (χ0) is 23.1. The molecule has 0 aliphatic rings. The number of rotatable bonds is 4. The van der Waals surface area contributed by atoms with Crippen LogP contribution in [0.1, 0.15) is 17.0 Å². The van der Waals surface area contributed by atoms with Crippen LogP contribution in [0.15, 0.2) is 81.2 Å². The molecule has 0 bridgehead atoms. The monoisotopic (exact) mass is 538 g/mol. The number of benzene rings is 3. The molecule has 0 aliphatic heterocycles. The first-order chi connectivity index (χ1) is 15.9. The van der Waals surface area contributed by atoms with Crippen LogP contribution in [0.25, 0.3) is 21.8 Å². The number of hydrogen-bond acceptors (Lipinski definition) is 3. The number of hydrogen-bond donors (Lipinski definition) is 0. The van der Waals surface area contributed by atoms with Crippen LogP contribution in [0.4, 0.5) is 0 Å². The quantitative estimate of drug-likeness (QED) is 0.240. The molecule has 5 aromatic rings. The molecule has 0 N–H and O–H groups in total. The van der Waals surface area contributed by atoms with Crippen LogP contribution in [0.3, 0.4) is 0 Å². The van der Waals surface area contributed by atoms with E-state index in [0.29, 0.717) is 33.3 Å². The average molecular weight is 540 g/mol. The predicted molar refractivity (Wildman–Crippen MR) is 139 cm³/mol. The lowest BCUT2D eigenvalue weighted by molar-refractivity contribution is 0.770. The molecule has 164 valence electrons. The van der Waals surface area contributed by atoms with Gasteiger partial charge in [-0.3, -0.25) is 4.79 Å². The van der Waals surface area contributed by atoms with Crippen LogP contribution in [-0.4, -0.2) is 20.4 Å². The lowest BCUT2D eigenvalue weighted by Crippen LogP contribution is -2.20. The third kappa shape index (κ3) is 4.22. The van der Waals surface area contributed by atoms with E-state index < -0.39 is 0 Å². The second-order valence-electron chi connectivity index (χ2n) is 7.66. The van der Waals surface area contributed by atoms with Crippen molar-refractivity contribution in [3.8, 4) is 0 Å². The third-order valence-corrected chi connectivity index (χ3v) is 6.67. The fraction of sp³-hybridized carbons (Fsp3) is 0.0800. The van der Waals surface area contributed by atoms with Gasteiger partial charge in [0, 0.05) is 33.7 Å². The Morgan fingerprint density at radius 2 is 1.85 bits per heavy atom. The summed E-state index contributed by atoms with van der Waals surface area (Å²) < 4.78 is 4.28. The molecule has 0 spiro atoms. The smallest absolute Gasteiger partial charge is 0.282 e. The van der Waals surface area contributed by atoms with E-state index >= 15 is 0 Å². The number of aryl methyl sites for hydroxylation is 1. The van der Waals surface area contributed by atoms with E-state index in [-0.39, 0.29) is 5.56 Å². The van der Waals surface area contributed by atoms with Gasteiger partial charge in [-0.05, 0) is 48.9 Å². The van der Waals surface area contributed by atoms with Gasteiger partial charge in [-0.15, -0.1) is 0 Å². The summed E-state index contributed by atoms with van der Waals surface area (Å²) in [5, 5.41) is 7.10. The number of nitrogens with zero attached hydrogens (tertiary/aromatic N) is 4. The average Bonchev–Trinajstić information content (AvgIpc) is 3.14. The van der Waals surface area contributed by atoms with Gasteiger partial charge in [0.05, 0.1) is 27.2 Å². The minimum atomic E-state index is -0.213. The van der Waals surface area contributed by atoms with Crippen LogP contribution >= 0.6 is 39.1 Å². The largest absolute Gasteiger partial charge is 0.342 e. The highest BCUT2D eigenvalue weighted by Crippen LogP contribution is 2.25. The topological polar surface area (TPSA) is 52.2 Å². The Kier molecular flexibility index (Phi) is 5.83. The molecule has 5 rings (SSSR count). The van der Waals surface area contributed by atoms with Crippen molar-refractivity contribution < 1.29 is 0 Å². The van der Waals surface area contributed by atoms with Crippen molar-refractivity contribution in [1.82, 2.24) is 14.2 Å². The van der Waals surface area contributed by atoms with Crippen molar-refractivity contribution in [3.05, 3.63) is 109 Å². The fourth-order valence-electron chi connectivity index (χ4n) is 3.86. The summed E-state index contributed by atoms with van der Waals surface area (Å²) >= 11 is 15.7. The van der Waals surface area contributed by atoms with Crippen molar-refractivity contribution in [2.24, 2.45) is 5.10 Å². The van der Waals surface area contributed by atoms with Gasteiger partial charge in [0.25, 0.3) is 5.56 Å². The summed E-state index contributed by atoms with van der Waals surface area (Å²) in [7, 11) is 0. The summed E-state index contributed by atoms with van der Waals surface area (Å²) in [5.74, 6) is 0.519. The molecule has 2 aromatic heterocycles. The standard InChI is InChI=1S/C25H17BrCl2N4O/c1-15-30-23-9-7-18(26)11-20(23)25(33)32(15)29-12-17-14-31(24-5-3-2-4-19(17)24)13-16-6-8-21(27)22(28)10-16/h2-12,14H,13H2,1H3. The molecule has 5 nitrogen and oxygen atoms in total. The van der Waals surface area contributed by atoms with E-state index in [1.54, 1.807) is 25.3 Å². The number of halogens is 3. The van der Waals surface area contributed by atoms with E-state index in [1.165, 1.54) is 4.68 Å². The maximum atomic E-state index is 13.1. The van der Waals surface area contributed by atoms with Gasteiger partial charge in [0.1, 0.15) is 5.82 Å². The molecule has 33 heavy (non-hydrogen) atoms. The fourth-order valence-corrected chi connectivity index (χ4v) is 4.54. The Bertz CT molecular complexity index is 1620. The summed E-state index contributed by atoms with van der Waals surface area (Å²) in [6, 6.07) is 19.1. The molecule has 8 heteroatoms. The SMILES string of the molecule is Cc1nc2ccc(Br)cc2c(=O)n1N=Cc1cn(Cc2ccc(Cl)c(Cl)c2)c2ccccc12. The van der Waals surface area contributed by atoms with Gasteiger partial charge in [-0.1, -0.05) is 63.4 Å². The first-order valence-corrected chi connectivity index (χ1v) is 11.7. The zero-order valence-corrected chi connectivity index (χ0v) is 20.6. The number of para-hydroxylation sites is 1. The van der Waals surface area contributed by atoms with Crippen LogP contribution in [0.2, 0.25) is 10.0 Å². The predicted octanol–water partition coefficient (Wildman–Crippen LogP) is 6.66. The number of fused-ring (bicyclic) bond motifs is 2. The number of aromatic nitrogens is 3. The van der Waals surface area contributed by atoms with E-state index in [0.717, 1.165) is 26.5 Å². The lowest BCUT2D eigenvalue weighted by atomic mass is 10.2. The van der Waals surface area contributed by atoms with Gasteiger partial charge in [0.2, 0.25) is 0 Å². The van der Waals surface area contributed by atoms with Crippen molar-refractivity contribution in [1.29, 1.82) is 0 Å². The van der Waals surface area contributed by atoms with Gasteiger partial charge >= 0.3 is 0 Å². The summed E-state index contributed by atoms with van der Waals surface area (Å²) in [5.41, 5.74) is 3.41. The zero-order valence-electron chi connectivity index (χ0n) is 17.5. The molecule has 0 saturated carbocycles.